The number of carbonyl (C=O) groups is 3. The van der Waals surface area contributed by atoms with Crippen LogP contribution >= 0.6 is 0 Å². The van der Waals surface area contributed by atoms with E-state index in [1.54, 1.807) is 32.9 Å². The Bertz CT molecular complexity index is 543. The first kappa shape index (κ1) is 28.6. The second-order valence-electron chi connectivity index (χ2n) is 5.14. The number of rotatable bonds is 9. The van der Waals surface area contributed by atoms with Gasteiger partial charge in [0.25, 0.3) is 0 Å². The molecule has 0 aromatic heterocycles. The van der Waals surface area contributed by atoms with Crippen molar-refractivity contribution in [1.29, 1.82) is 0 Å². The Balaban J connectivity index is -0.000000322. The van der Waals surface area contributed by atoms with Gasteiger partial charge in [0.1, 0.15) is 18.3 Å². The lowest BCUT2D eigenvalue weighted by molar-refractivity contribution is -0.146. The monoisotopic (exact) mass is 378 g/mol. The number of hydrogen-bond donors (Lipinski definition) is 0. The van der Waals surface area contributed by atoms with Crippen molar-refractivity contribution < 1.29 is 28.6 Å². The molecule has 1 unspecified atom stereocenters. The van der Waals surface area contributed by atoms with Crippen LogP contribution in [0.2, 0.25) is 0 Å². The second-order valence-corrected chi connectivity index (χ2v) is 5.14. The number of hydrogen-bond acceptors (Lipinski definition) is 6. The Morgan fingerprint density at radius 1 is 0.889 bits per heavy atom. The SMILES string of the molecule is C=CC(=O)OC(C)(C)C=C.C=CC(=O)OC(C)C=C.C=CCOC(=O)C=C. The molecule has 0 fully saturated rings. The van der Waals surface area contributed by atoms with Gasteiger partial charge in [-0.25, -0.2) is 14.4 Å². The lowest BCUT2D eigenvalue weighted by Gasteiger charge is -2.18. The van der Waals surface area contributed by atoms with Crippen LogP contribution < -0.4 is 0 Å². The van der Waals surface area contributed by atoms with Crippen molar-refractivity contribution in [2.75, 3.05) is 6.61 Å². The minimum Gasteiger partial charge on any atom is -0.458 e. The summed E-state index contributed by atoms with van der Waals surface area (Å²) in [5.41, 5.74) is -0.592. The van der Waals surface area contributed by atoms with Crippen LogP contribution in [0.5, 0.6) is 0 Å². The molecule has 1 atom stereocenters. The lowest BCUT2D eigenvalue weighted by Crippen LogP contribution is -2.23. The molecular weight excluding hydrogens is 348 g/mol. The summed E-state index contributed by atoms with van der Waals surface area (Å²) in [6.45, 7) is 25.5. The fourth-order valence-corrected chi connectivity index (χ4v) is 0.822. The quantitative estimate of drug-likeness (QED) is 0.262. The van der Waals surface area contributed by atoms with Crippen molar-refractivity contribution in [2.45, 2.75) is 32.5 Å². The molecule has 0 rings (SSSR count). The van der Waals surface area contributed by atoms with E-state index in [1.807, 2.05) is 0 Å². The summed E-state index contributed by atoms with van der Waals surface area (Å²) in [6, 6.07) is 0. The molecule has 0 radical (unpaired) electrons. The zero-order valence-electron chi connectivity index (χ0n) is 16.4. The molecule has 0 saturated heterocycles. The fraction of sp³-hybridized carbons (Fsp3) is 0.286. The molecule has 0 N–H and O–H groups in total. The number of carbonyl (C=O) groups excluding carboxylic acids is 3. The van der Waals surface area contributed by atoms with Crippen molar-refractivity contribution in [3.63, 3.8) is 0 Å². The van der Waals surface area contributed by atoms with Gasteiger partial charge >= 0.3 is 17.9 Å². The summed E-state index contributed by atoms with van der Waals surface area (Å²) < 4.78 is 14.0. The molecule has 0 spiro atoms. The lowest BCUT2D eigenvalue weighted by atomic mass is 10.1. The molecule has 6 heteroatoms. The third-order valence-corrected chi connectivity index (χ3v) is 2.33. The molecule has 0 saturated carbocycles. The summed E-state index contributed by atoms with van der Waals surface area (Å²) >= 11 is 0. The van der Waals surface area contributed by atoms with Crippen LogP contribution in [-0.2, 0) is 28.6 Å². The molecule has 0 aromatic carbocycles. The molecule has 0 aromatic rings. The minimum atomic E-state index is -0.592. The first-order valence-electron chi connectivity index (χ1n) is 7.88. The van der Waals surface area contributed by atoms with Crippen LogP contribution in [0, 0.1) is 0 Å². The van der Waals surface area contributed by atoms with E-state index in [1.165, 1.54) is 6.08 Å². The highest BCUT2D eigenvalue weighted by atomic mass is 16.6. The highest BCUT2D eigenvalue weighted by molar-refractivity contribution is 5.82. The van der Waals surface area contributed by atoms with E-state index >= 15 is 0 Å². The topological polar surface area (TPSA) is 78.9 Å². The Morgan fingerprint density at radius 2 is 1.37 bits per heavy atom. The van der Waals surface area contributed by atoms with Crippen LogP contribution in [0.15, 0.2) is 75.9 Å². The van der Waals surface area contributed by atoms with Crippen LogP contribution in [0.1, 0.15) is 20.8 Å². The van der Waals surface area contributed by atoms with Gasteiger partial charge in [-0.15, -0.1) is 0 Å². The Hall–Kier alpha value is -3.15. The van der Waals surface area contributed by atoms with Crippen LogP contribution in [0.3, 0.4) is 0 Å². The second kappa shape index (κ2) is 17.7. The van der Waals surface area contributed by atoms with Gasteiger partial charge in [0.05, 0.1) is 0 Å². The average Bonchev–Trinajstić information content (AvgIpc) is 2.66. The third kappa shape index (κ3) is 22.9. The van der Waals surface area contributed by atoms with Crippen molar-refractivity contribution in [3.05, 3.63) is 75.9 Å². The minimum absolute atomic E-state index is 0.226. The first-order chi connectivity index (χ1) is 12.5. The first-order valence-corrected chi connectivity index (χ1v) is 7.88. The van der Waals surface area contributed by atoms with Gasteiger partial charge in [-0.05, 0) is 26.8 Å². The molecule has 0 aliphatic rings. The predicted molar refractivity (Wildman–Crippen MR) is 108 cm³/mol. The van der Waals surface area contributed by atoms with Gasteiger partial charge < -0.3 is 14.2 Å². The maximum Gasteiger partial charge on any atom is 0.330 e. The molecule has 0 amide bonds. The van der Waals surface area contributed by atoms with Gasteiger partial charge in [-0.3, -0.25) is 0 Å². The standard InChI is InChI=1S/C8H12O2.C7H10O2.C6H8O2/c1-5-7(9)10-8(3,4)6-2;1-4-6(3)9-7(8)5-2;1-3-5-8-6(7)4-2/h5-6H,1-2H2,3-4H3;4-6H,1-2H2,3H3;3-4H,1-2,5H2. The van der Waals surface area contributed by atoms with Gasteiger partial charge in [-0.2, -0.15) is 0 Å². The van der Waals surface area contributed by atoms with E-state index in [0.29, 0.717) is 0 Å². The normalized spacial score (nSPS) is 9.89. The smallest absolute Gasteiger partial charge is 0.330 e. The van der Waals surface area contributed by atoms with E-state index in [-0.39, 0.29) is 12.7 Å². The summed E-state index contributed by atoms with van der Waals surface area (Å²) in [5, 5.41) is 0. The predicted octanol–water partition coefficient (Wildman–Crippen LogP) is 3.87. The summed E-state index contributed by atoms with van der Waals surface area (Å²) in [6.07, 6.45) is 7.75. The van der Waals surface area contributed by atoms with E-state index in [2.05, 4.69) is 48.9 Å². The van der Waals surface area contributed by atoms with E-state index in [9.17, 15) is 14.4 Å². The summed E-state index contributed by atoms with van der Waals surface area (Å²) in [5.74, 6) is -1.25. The Kier molecular flexibility index (Phi) is 18.7. The highest BCUT2D eigenvalue weighted by Crippen LogP contribution is 2.09. The van der Waals surface area contributed by atoms with E-state index in [0.717, 1.165) is 18.2 Å². The van der Waals surface area contributed by atoms with Crippen LogP contribution in [0.4, 0.5) is 0 Å². The van der Waals surface area contributed by atoms with Crippen molar-refractivity contribution in [2.24, 2.45) is 0 Å². The van der Waals surface area contributed by atoms with Gasteiger partial charge in [-0.1, -0.05) is 51.6 Å². The zero-order chi connectivity index (χ0) is 21.9. The molecule has 6 nitrogen and oxygen atoms in total. The number of esters is 3. The Morgan fingerprint density at radius 3 is 1.70 bits per heavy atom. The average molecular weight is 378 g/mol. The van der Waals surface area contributed by atoms with Gasteiger partial charge in [0.15, 0.2) is 0 Å². The molecule has 0 bridgehead atoms. The molecule has 27 heavy (non-hydrogen) atoms. The molecule has 0 heterocycles. The van der Waals surface area contributed by atoms with Crippen molar-refractivity contribution >= 4 is 17.9 Å². The Labute approximate surface area is 162 Å². The van der Waals surface area contributed by atoms with Crippen molar-refractivity contribution in [1.82, 2.24) is 0 Å². The maximum atomic E-state index is 10.6. The summed E-state index contributed by atoms with van der Waals surface area (Å²) in [4.78, 5) is 31.2. The highest BCUT2D eigenvalue weighted by Gasteiger charge is 2.15. The molecule has 0 aliphatic heterocycles. The third-order valence-electron chi connectivity index (χ3n) is 2.33. The van der Waals surface area contributed by atoms with Crippen LogP contribution in [-0.4, -0.2) is 36.2 Å². The maximum absolute atomic E-state index is 10.6. The fourth-order valence-electron chi connectivity index (χ4n) is 0.822. The number of ether oxygens (including phenoxy) is 3. The van der Waals surface area contributed by atoms with Gasteiger partial charge in [0.2, 0.25) is 0 Å². The van der Waals surface area contributed by atoms with Gasteiger partial charge in [0, 0.05) is 18.2 Å². The van der Waals surface area contributed by atoms with Crippen LogP contribution in [0.25, 0.3) is 0 Å². The molecule has 0 aliphatic carbocycles. The van der Waals surface area contributed by atoms with E-state index < -0.39 is 23.5 Å². The largest absolute Gasteiger partial charge is 0.458 e. The summed E-state index contributed by atoms with van der Waals surface area (Å²) in [7, 11) is 0. The van der Waals surface area contributed by atoms with E-state index in [4.69, 9.17) is 4.74 Å². The molecule has 150 valence electrons. The zero-order valence-corrected chi connectivity index (χ0v) is 16.4. The molecular formula is C21H30O6. The van der Waals surface area contributed by atoms with Crippen molar-refractivity contribution in [3.8, 4) is 0 Å².